The molecule has 0 atom stereocenters. The van der Waals surface area contributed by atoms with Crippen LogP contribution in [0.4, 0.5) is 0 Å². The molecule has 1 aromatic carbocycles. The quantitative estimate of drug-likeness (QED) is 0.695. The smallest absolute Gasteiger partial charge is 0.0406 e. The Morgan fingerprint density at radius 1 is 1.33 bits per heavy atom. The molecule has 0 aliphatic carbocycles. The standard InChI is InChI=1S/C10H13ClN/c1-3-12(2)8-9-4-6-10(11)7-5-9/h4-7H,1,3,8H2,2H3. The molecule has 0 aromatic heterocycles. The summed E-state index contributed by atoms with van der Waals surface area (Å²) in [4.78, 5) is 2.14. The van der Waals surface area contributed by atoms with E-state index in [0.717, 1.165) is 18.1 Å². The van der Waals surface area contributed by atoms with Crippen LogP contribution in [-0.2, 0) is 6.54 Å². The molecule has 1 nitrogen and oxygen atoms in total. The van der Waals surface area contributed by atoms with E-state index in [0.29, 0.717) is 0 Å². The molecule has 0 N–H and O–H groups in total. The minimum Gasteiger partial charge on any atom is -0.302 e. The molecule has 0 fully saturated rings. The highest BCUT2D eigenvalue weighted by atomic mass is 35.5. The van der Waals surface area contributed by atoms with Crippen LogP contribution >= 0.6 is 11.6 Å². The zero-order chi connectivity index (χ0) is 8.97. The molecule has 0 aliphatic heterocycles. The Labute approximate surface area is 79.0 Å². The highest BCUT2D eigenvalue weighted by Crippen LogP contribution is 2.10. The van der Waals surface area contributed by atoms with Crippen molar-refractivity contribution in [3.05, 3.63) is 41.8 Å². The van der Waals surface area contributed by atoms with Crippen LogP contribution in [0.5, 0.6) is 0 Å². The lowest BCUT2D eigenvalue weighted by atomic mass is 10.2. The lowest BCUT2D eigenvalue weighted by Gasteiger charge is -2.13. The van der Waals surface area contributed by atoms with Crippen LogP contribution in [-0.4, -0.2) is 18.5 Å². The maximum absolute atomic E-state index is 5.76. The second-order valence-electron chi connectivity index (χ2n) is 2.86. The molecule has 1 rings (SSSR count). The Morgan fingerprint density at radius 2 is 1.92 bits per heavy atom. The lowest BCUT2D eigenvalue weighted by Crippen LogP contribution is -2.16. The van der Waals surface area contributed by atoms with Crippen LogP contribution in [0.3, 0.4) is 0 Å². The average Bonchev–Trinajstić information content (AvgIpc) is 2.09. The van der Waals surface area contributed by atoms with E-state index >= 15 is 0 Å². The number of hydrogen-bond donors (Lipinski definition) is 0. The van der Waals surface area contributed by atoms with Crippen molar-refractivity contribution < 1.29 is 0 Å². The van der Waals surface area contributed by atoms with Gasteiger partial charge < -0.3 is 4.90 Å². The highest BCUT2D eigenvalue weighted by molar-refractivity contribution is 6.30. The molecular weight excluding hydrogens is 170 g/mol. The summed E-state index contributed by atoms with van der Waals surface area (Å²) in [5.41, 5.74) is 1.27. The summed E-state index contributed by atoms with van der Waals surface area (Å²) in [5.74, 6) is 0. The molecule has 0 amide bonds. The molecule has 1 radical (unpaired) electrons. The molecule has 12 heavy (non-hydrogen) atoms. The van der Waals surface area contributed by atoms with E-state index in [-0.39, 0.29) is 0 Å². The van der Waals surface area contributed by atoms with Crippen molar-refractivity contribution in [3.63, 3.8) is 0 Å². The third kappa shape index (κ3) is 2.84. The number of halogens is 1. The van der Waals surface area contributed by atoms with Gasteiger partial charge in [0.1, 0.15) is 0 Å². The van der Waals surface area contributed by atoms with Crippen LogP contribution in [0.25, 0.3) is 0 Å². The predicted octanol–water partition coefficient (Wildman–Crippen LogP) is 2.61. The van der Waals surface area contributed by atoms with Gasteiger partial charge in [-0.05, 0) is 38.2 Å². The van der Waals surface area contributed by atoms with E-state index in [9.17, 15) is 0 Å². The molecule has 65 valence electrons. The van der Waals surface area contributed by atoms with Crippen molar-refractivity contribution in [2.45, 2.75) is 6.54 Å². The molecule has 0 aliphatic rings. The van der Waals surface area contributed by atoms with Crippen LogP contribution < -0.4 is 0 Å². The first-order chi connectivity index (χ1) is 5.72. The van der Waals surface area contributed by atoms with E-state index in [1.807, 2.05) is 31.3 Å². The second kappa shape index (κ2) is 4.48. The summed E-state index contributed by atoms with van der Waals surface area (Å²) in [6, 6.07) is 7.89. The molecule has 0 spiro atoms. The molecule has 0 bridgehead atoms. The van der Waals surface area contributed by atoms with Gasteiger partial charge in [-0.3, -0.25) is 0 Å². The summed E-state index contributed by atoms with van der Waals surface area (Å²) in [7, 11) is 2.04. The lowest BCUT2D eigenvalue weighted by molar-refractivity contribution is 0.362. The molecule has 0 saturated heterocycles. The van der Waals surface area contributed by atoms with E-state index in [4.69, 9.17) is 11.6 Å². The van der Waals surface area contributed by atoms with Gasteiger partial charge in [0.2, 0.25) is 0 Å². The predicted molar refractivity (Wildman–Crippen MR) is 53.1 cm³/mol. The molecular formula is C10H13ClN. The topological polar surface area (TPSA) is 3.24 Å². The van der Waals surface area contributed by atoms with Crippen molar-refractivity contribution in [3.8, 4) is 0 Å². The minimum atomic E-state index is 0.788. The zero-order valence-electron chi connectivity index (χ0n) is 7.26. The van der Waals surface area contributed by atoms with E-state index in [1.165, 1.54) is 5.56 Å². The molecule has 1 aromatic rings. The van der Waals surface area contributed by atoms with Crippen molar-refractivity contribution in [1.29, 1.82) is 0 Å². The van der Waals surface area contributed by atoms with Gasteiger partial charge in [-0.1, -0.05) is 23.7 Å². The minimum absolute atomic E-state index is 0.788. The van der Waals surface area contributed by atoms with Crippen LogP contribution in [0.2, 0.25) is 5.02 Å². The van der Waals surface area contributed by atoms with Gasteiger partial charge in [-0.2, -0.15) is 0 Å². The van der Waals surface area contributed by atoms with E-state index in [1.54, 1.807) is 0 Å². The first-order valence-corrected chi connectivity index (χ1v) is 4.32. The third-order valence-corrected chi connectivity index (χ3v) is 2.00. The second-order valence-corrected chi connectivity index (χ2v) is 3.30. The number of rotatable bonds is 3. The molecule has 0 saturated carbocycles. The van der Waals surface area contributed by atoms with Crippen LogP contribution in [0, 0.1) is 6.92 Å². The zero-order valence-corrected chi connectivity index (χ0v) is 8.01. The summed E-state index contributed by atoms with van der Waals surface area (Å²) in [5, 5.41) is 0.788. The number of benzene rings is 1. The maximum atomic E-state index is 5.76. The number of hydrogen-bond acceptors (Lipinski definition) is 1. The molecule has 2 heteroatoms. The summed E-state index contributed by atoms with van der Waals surface area (Å²) in [6.07, 6.45) is 0. The monoisotopic (exact) mass is 182 g/mol. The van der Waals surface area contributed by atoms with Crippen LogP contribution in [0.1, 0.15) is 5.56 Å². The van der Waals surface area contributed by atoms with Crippen LogP contribution in [0.15, 0.2) is 24.3 Å². The van der Waals surface area contributed by atoms with Gasteiger partial charge in [-0.25, -0.2) is 0 Å². The van der Waals surface area contributed by atoms with Gasteiger partial charge in [0.15, 0.2) is 0 Å². The largest absolute Gasteiger partial charge is 0.302 e. The van der Waals surface area contributed by atoms with Gasteiger partial charge >= 0.3 is 0 Å². The first-order valence-electron chi connectivity index (χ1n) is 3.94. The Balaban J connectivity index is 2.58. The third-order valence-electron chi connectivity index (χ3n) is 1.75. The normalized spacial score (nSPS) is 10.7. The summed E-state index contributed by atoms with van der Waals surface area (Å²) < 4.78 is 0. The fraction of sp³-hybridized carbons (Fsp3) is 0.300. The van der Waals surface area contributed by atoms with Crippen molar-refractivity contribution >= 4 is 11.6 Å². The Morgan fingerprint density at radius 3 is 2.42 bits per heavy atom. The average molecular weight is 183 g/mol. The van der Waals surface area contributed by atoms with Crippen molar-refractivity contribution in [2.75, 3.05) is 13.6 Å². The van der Waals surface area contributed by atoms with E-state index < -0.39 is 0 Å². The SMILES string of the molecule is [CH2]CN(C)Cc1ccc(Cl)cc1. The summed E-state index contributed by atoms with van der Waals surface area (Å²) in [6.45, 7) is 5.55. The highest BCUT2D eigenvalue weighted by Gasteiger charge is 1.96. The summed E-state index contributed by atoms with van der Waals surface area (Å²) >= 11 is 5.76. The van der Waals surface area contributed by atoms with Gasteiger partial charge in [0.25, 0.3) is 0 Å². The Bertz CT molecular complexity index is 230. The first kappa shape index (κ1) is 9.56. The van der Waals surface area contributed by atoms with Crippen molar-refractivity contribution in [1.82, 2.24) is 4.90 Å². The number of nitrogens with zero attached hydrogens (tertiary/aromatic N) is 1. The maximum Gasteiger partial charge on any atom is 0.0406 e. The van der Waals surface area contributed by atoms with Gasteiger partial charge in [0, 0.05) is 11.6 Å². The van der Waals surface area contributed by atoms with Gasteiger partial charge in [-0.15, -0.1) is 0 Å². The van der Waals surface area contributed by atoms with E-state index in [2.05, 4.69) is 11.8 Å². The van der Waals surface area contributed by atoms with Crippen molar-refractivity contribution in [2.24, 2.45) is 0 Å². The van der Waals surface area contributed by atoms with Gasteiger partial charge in [0.05, 0.1) is 0 Å². The molecule has 0 heterocycles. The fourth-order valence-corrected chi connectivity index (χ4v) is 1.11. The Kier molecular flexibility index (Phi) is 3.57. The Hall–Kier alpha value is -0.530. The molecule has 0 unspecified atom stereocenters. The fourth-order valence-electron chi connectivity index (χ4n) is 0.981.